The number of aliphatic hydroxyl groups excluding tert-OH is 1. The second-order valence-electron chi connectivity index (χ2n) is 8.17. The molecule has 0 atom stereocenters. The number of fused-ring (bicyclic) bond motifs is 1. The van der Waals surface area contributed by atoms with Crippen LogP contribution in [0.4, 0.5) is 14.5 Å². The third kappa shape index (κ3) is 5.27. The summed E-state index contributed by atoms with van der Waals surface area (Å²) in [6.07, 6.45) is 1.000. The van der Waals surface area contributed by atoms with Gasteiger partial charge in [0, 0.05) is 30.1 Å². The molecule has 4 rings (SSSR count). The van der Waals surface area contributed by atoms with E-state index in [-0.39, 0.29) is 40.6 Å². The highest BCUT2D eigenvalue weighted by Gasteiger charge is 2.27. The number of rotatable bonds is 9. The smallest absolute Gasteiger partial charge is 0.255 e. The van der Waals surface area contributed by atoms with Crippen LogP contribution >= 0.6 is 0 Å². The molecule has 0 aliphatic rings. The Morgan fingerprint density at radius 2 is 1.74 bits per heavy atom. The molecular weight excluding hydrogens is 522 g/mol. The number of furan rings is 1. The van der Waals surface area contributed by atoms with Crippen LogP contribution in [0.15, 0.2) is 59.0 Å². The number of hydrogen-bond donors (Lipinski definition) is 2. The molecule has 1 amide bonds. The first-order valence-electron chi connectivity index (χ1n) is 11.3. The highest BCUT2D eigenvalue weighted by atomic mass is 32.2. The molecule has 9 nitrogen and oxygen atoms in total. The van der Waals surface area contributed by atoms with Crippen molar-refractivity contribution in [2.24, 2.45) is 0 Å². The standard InChI is InChI=1S/C26H24F2N2O7S/c1-29-26(32)24-18-13-23(35-2)21(30(10-11-31)38(3,33)34)14-22(18)37-25(24)15-4-6-16(7-5-15)36-17-8-9-19(27)20(28)12-17/h4-9,12-14,31H,10-11H2,1-3H3,(H,29,32). The van der Waals surface area contributed by atoms with E-state index in [1.807, 2.05) is 0 Å². The predicted octanol–water partition coefficient (Wildman–Crippen LogP) is 4.30. The molecule has 12 heteroatoms. The number of aliphatic hydroxyl groups is 1. The monoisotopic (exact) mass is 546 g/mol. The van der Waals surface area contributed by atoms with E-state index < -0.39 is 34.2 Å². The first-order chi connectivity index (χ1) is 18.1. The lowest BCUT2D eigenvalue weighted by Crippen LogP contribution is -2.32. The third-order valence-corrected chi connectivity index (χ3v) is 6.84. The lowest BCUT2D eigenvalue weighted by atomic mass is 10.0. The molecule has 3 aromatic carbocycles. The van der Waals surface area contributed by atoms with Crippen molar-refractivity contribution in [3.63, 3.8) is 0 Å². The molecule has 0 bridgehead atoms. The van der Waals surface area contributed by atoms with E-state index in [0.29, 0.717) is 16.7 Å². The second-order valence-corrected chi connectivity index (χ2v) is 10.1. The molecule has 0 aliphatic heterocycles. The van der Waals surface area contributed by atoms with Gasteiger partial charge in [0.1, 0.15) is 28.6 Å². The van der Waals surface area contributed by atoms with E-state index in [4.69, 9.17) is 13.9 Å². The predicted molar refractivity (Wildman–Crippen MR) is 137 cm³/mol. The van der Waals surface area contributed by atoms with E-state index in [0.717, 1.165) is 22.7 Å². The lowest BCUT2D eigenvalue weighted by Gasteiger charge is -2.23. The van der Waals surface area contributed by atoms with Crippen LogP contribution in [0.25, 0.3) is 22.3 Å². The summed E-state index contributed by atoms with van der Waals surface area (Å²) in [4.78, 5) is 12.9. The molecule has 0 unspecified atom stereocenters. The fourth-order valence-electron chi connectivity index (χ4n) is 3.93. The summed E-state index contributed by atoms with van der Waals surface area (Å²) < 4.78 is 69.5. The van der Waals surface area contributed by atoms with Crippen LogP contribution in [0.1, 0.15) is 10.4 Å². The zero-order valence-electron chi connectivity index (χ0n) is 20.6. The Bertz CT molecular complexity index is 1600. The van der Waals surface area contributed by atoms with Crippen LogP contribution in [0.5, 0.6) is 17.2 Å². The lowest BCUT2D eigenvalue weighted by molar-refractivity contribution is 0.0964. The number of ether oxygens (including phenoxy) is 2. The molecule has 200 valence electrons. The highest BCUT2D eigenvalue weighted by molar-refractivity contribution is 7.92. The summed E-state index contributed by atoms with van der Waals surface area (Å²) in [5.74, 6) is -1.70. The zero-order valence-corrected chi connectivity index (χ0v) is 21.4. The Morgan fingerprint density at radius 3 is 2.32 bits per heavy atom. The summed E-state index contributed by atoms with van der Waals surface area (Å²) in [5, 5.41) is 12.4. The van der Waals surface area contributed by atoms with Gasteiger partial charge in [-0.25, -0.2) is 17.2 Å². The van der Waals surface area contributed by atoms with Gasteiger partial charge < -0.3 is 24.3 Å². The van der Waals surface area contributed by atoms with Gasteiger partial charge in [-0.2, -0.15) is 0 Å². The summed E-state index contributed by atoms with van der Waals surface area (Å²) in [6.45, 7) is -0.643. The number of nitrogens with one attached hydrogen (secondary N) is 1. The summed E-state index contributed by atoms with van der Waals surface area (Å²) >= 11 is 0. The molecule has 4 aromatic rings. The van der Waals surface area contributed by atoms with Gasteiger partial charge in [0.15, 0.2) is 11.6 Å². The van der Waals surface area contributed by atoms with Crippen molar-refractivity contribution in [3.05, 3.63) is 71.8 Å². The van der Waals surface area contributed by atoms with E-state index in [9.17, 15) is 27.1 Å². The Labute approximate surface area is 217 Å². The first kappa shape index (κ1) is 26.9. The Balaban J connectivity index is 1.81. The summed E-state index contributed by atoms with van der Waals surface area (Å²) in [7, 11) is -0.962. The number of carbonyl (C=O) groups is 1. The average Bonchev–Trinajstić information content (AvgIpc) is 3.26. The molecule has 0 radical (unpaired) electrons. The molecule has 0 spiro atoms. The third-order valence-electron chi connectivity index (χ3n) is 5.66. The maximum Gasteiger partial charge on any atom is 0.255 e. The normalized spacial score (nSPS) is 11.4. The summed E-state index contributed by atoms with van der Waals surface area (Å²) in [5.41, 5.74) is 1.03. The van der Waals surface area contributed by atoms with Crippen molar-refractivity contribution < 1.29 is 41.0 Å². The number of nitrogens with zero attached hydrogens (tertiary/aromatic N) is 1. The van der Waals surface area contributed by atoms with Crippen LogP contribution < -0.4 is 19.1 Å². The fourth-order valence-corrected chi connectivity index (χ4v) is 4.84. The molecule has 38 heavy (non-hydrogen) atoms. The number of hydrogen-bond acceptors (Lipinski definition) is 7. The Kier molecular flexibility index (Phi) is 7.56. The molecule has 1 aromatic heterocycles. The van der Waals surface area contributed by atoms with Gasteiger partial charge in [0.05, 0.1) is 37.8 Å². The summed E-state index contributed by atoms with van der Waals surface area (Å²) in [6, 6.07) is 12.5. The minimum atomic E-state index is -3.78. The fraction of sp³-hybridized carbons (Fsp3) is 0.192. The average molecular weight is 547 g/mol. The van der Waals surface area contributed by atoms with E-state index >= 15 is 0 Å². The molecule has 0 saturated heterocycles. The molecule has 0 saturated carbocycles. The topological polar surface area (TPSA) is 118 Å². The van der Waals surface area contributed by atoms with E-state index in [1.165, 1.54) is 32.4 Å². The van der Waals surface area contributed by atoms with Crippen molar-refractivity contribution in [1.82, 2.24) is 5.32 Å². The Morgan fingerprint density at radius 1 is 1.05 bits per heavy atom. The van der Waals surface area contributed by atoms with Crippen molar-refractivity contribution in [2.45, 2.75) is 0 Å². The van der Waals surface area contributed by atoms with Crippen molar-refractivity contribution in [2.75, 3.05) is 37.9 Å². The molecule has 0 fully saturated rings. The maximum absolute atomic E-state index is 13.5. The number of benzene rings is 3. The van der Waals surface area contributed by atoms with Gasteiger partial charge in [0.25, 0.3) is 5.91 Å². The van der Waals surface area contributed by atoms with Crippen LogP contribution in [0.3, 0.4) is 0 Å². The number of carbonyl (C=O) groups excluding carboxylic acids is 1. The molecule has 2 N–H and O–H groups in total. The van der Waals surface area contributed by atoms with Gasteiger partial charge in [-0.3, -0.25) is 9.10 Å². The number of amides is 1. The molecule has 1 heterocycles. The van der Waals surface area contributed by atoms with E-state index in [1.54, 1.807) is 24.3 Å². The van der Waals surface area contributed by atoms with Crippen LogP contribution in [-0.4, -0.2) is 53.0 Å². The number of methoxy groups -OCH3 is 1. The quantitative estimate of drug-likeness (QED) is 0.321. The number of sulfonamides is 1. The molecular formula is C26H24F2N2O7S. The van der Waals surface area contributed by atoms with Gasteiger partial charge >= 0.3 is 0 Å². The first-order valence-corrected chi connectivity index (χ1v) is 13.1. The van der Waals surface area contributed by atoms with Crippen LogP contribution in [0.2, 0.25) is 0 Å². The second kappa shape index (κ2) is 10.7. The van der Waals surface area contributed by atoms with Crippen LogP contribution in [-0.2, 0) is 10.0 Å². The number of anilines is 1. The highest BCUT2D eigenvalue weighted by Crippen LogP contribution is 2.41. The van der Waals surface area contributed by atoms with E-state index in [2.05, 4.69) is 5.32 Å². The van der Waals surface area contributed by atoms with Crippen molar-refractivity contribution >= 4 is 32.6 Å². The van der Waals surface area contributed by atoms with Gasteiger partial charge in [-0.1, -0.05) is 0 Å². The van der Waals surface area contributed by atoms with Gasteiger partial charge in [-0.05, 0) is 42.5 Å². The SMILES string of the molecule is CNC(=O)c1c(-c2ccc(Oc3ccc(F)c(F)c3)cc2)oc2cc(N(CCO)S(C)(=O)=O)c(OC)cc12. The van der Waals surface area contributed by atoms with Gasteiger partial charge in [0.2, 0.25) is 10.0 Å². The minimum absolute atomic E-state index is 0.101. The van der Waals surface area contributed by atoms with Crippen molar-refractivity contribution in [1.29, 1.82) is 0 Å². The maximum atomic E-state index is 13.5. The van der Waals surface area contributed by atoms with Gasteiger partial charge in [-0.15, -0.1) is 0 Å². The molecule has 0 aliphatic carbocycles. The van der Waals surface area contributed by atoms with Crippen molar-refractivity contribution in [3.8, 4) is 28.6 Å². The largest absolute Gasteiger partial charge is 0.495 e. The Hall–Kier alpha value is -4.16. The zero-order chi connectivity index (χ0) is 27.6. The number of halogens is 2. The van der Waals surface area contributed by atoms with Crippen LogP contribution in [0, 0.1) is 11.6 Å². The minimum Gasteiger partial charge on any atom is -0.495 e.